The molecule has 2 rings (SSSR count). The molecule has 1 aromatic rings. The van der Waals surface area contributed by atoms with Crippen LogP contribution in [0.5, 0.6) is 0 Å². The average molecular weight is 406 g/mol. The van der Waals surface area contributed by atoms with Crippen molar-refractivity contribution in [3.05, 3.63) is 39.4 Å². The summed E-state index contributed by atoms with van der Waals surface area (Å²) >= 11 is 0. The molecule has 0 aromatic heterocycles. The van der Waals surface area contributed by atoms with Crippen molar-refractivity contribution in [1.82, 2.24) is 4.90 Å². The minimum absolute atomic E-state index is 0.120. The summed E-state index contributed by atoms with van der Waals surface area (Å²) in [7, 11) is 0. The number of hydrogen-bond donors (Lipinski definition) is 0. The van der Waals surface area contributed by atoms with Crippen LogP contribution >= 0.6 is 0 Å². The zero-order valence-corrected chi connectivity index (χ0v) is 17.1. The van der Waals surface area contributed by atoms with Gasteiger partial charge in [-0.1, -0.05) is 12.1 Å². The van der Waals surface area contributed by atoms with Crippen molar-refractivity contribution in [2.75, 3.05) is 19.7 Å². The van der Waals surface area contributed by atoms with Gasteiger partial charge in [-0.3, -0.25) is 19.7 Å². The van der Waals surface area contributed by atoms with E-state index in [0.717, 1.165) is 0 Å². The molecule has 1 aromatic carbocycles. The number of carbonyl (C=O) groups is 3. The summed E-state index contributed by atoms with van der Waals surface area (Å²) in [6, 6.07) is 4.14. The maximum Gasteiger partial charge on any atom is 0.410 e. The van der Waals surface area contributed by atoms with Gasteiger partial charge in [0.05, 0.1) is 10.8 Å². The largest absolute Gasteiger partial charge is 0.457 e. The molecule has 1 fully saturated rings. The molecule has 1 amide bonds. The summed E-state index contributed by atoms with van der Waals surface area (Å²) < 4.78 is 10.4. The van der Waals surface area contributed by atoms with Crippen LogP contribution in [-0.2, 0) is 14.3 Å². The Morgan fingerprint density at radius 3 is 2.38 bits per heavy atom. The number of benzene rings is 1. The third-order valence-corrected chi connectivity index (χ3v) is 4.55. The van der Waals surface area contributed by atoms with E-state index >= 15 is 0 Å². The molecule has 0 atom stereocenters. The molecule has 158 valence electrons. The van der Waals surface area contributed by atoms with Crippen LogP contribution < -0.4 is 0 Å². The highest BCUT2D eigenvalue weighted by molar-refractivity contribution is 5.98. The first kappa shape index (κ1) is 22.3. The van der Waals surface area contributed by atoms with Gasteiger partial charge in [-0.05, 0) is 40.5 Å². The Morgan fingerprint density at radius 1 is 1.21 bits per heavy atom. The Hall–Kier alpha value is -2.97. The first-order valence-corrected chi connectivity index (χ1v) is 9.40. The van der Waals surface area contributed by atoms with Crippen LogP contribution in [0.15, 0.2) is 18.2 Å². The first-order chi connectivity index (χ1) is 13.5. The number of hydrogen-bond acceptors (Lipinski definition) is 7. The molecule has 0 aliphatic carbocycles. The molecule has 9 nitrogen and oxygen atoms in total. The molecule has 9 heteroatoms. The lowest BCUT2D eigenvalue weighted by molar-refractivity contribution is -0.385. The third kappa shape index (κ3) is 6.27. The van der Waals surface area contributed by atoms with E-state index < -0.39 is 40.9 Å². The summed E-state index contributed by atoms with van der Waals surface area (Å²) in [5.74, 6) is -1.43. The summed E-state index contributed by atoms with van der Waals surface area (Å²) in [5.41, 5.74) is -0.176. The molecular formula is C20H26N2O7. The molecule has 29 heavy (non-hydrogen) atoms. The molecule has 0 N–H and O–H groups in total. The van der Waals surface area contributed by atoms with Crippen molar-refractivity contribution in [1.29, 1.82) is 0 Å². The Morgan fingerprint density at radius 2 is 1.83 bits per heavy atom. The number of piperidine rings is 1. The van der Waals surface area contributed by atoms with E-state index in [1.807, 2.05) is 0 Å². The van der Waals surface area contributed by atoms with Crippen molar-refractivity contribution in [3.63, 3.8) is 0 Å². The van der Waals surface area contributed by atoms with Crippen molar-refractivity contribution in [2.45, 2.75) is 46.1 Å². The molecule has 1 aliphatic heterocycles. The highest BCUT2D eigenvalue weighted by Gasteiger charge is 2.31. The molecule has 1 aliphatic rings. The number of rotatable bonds is 5. The number of likely N-dealkylation sites (tertiary alicyclic amines) is 1. The normalized spacial score (nSPS) is 15.0. The lowest BCUT2D eigenvalue weighted by atomic mass is 9.97. The maximum atomic E-state index is 12.3. The van der Waals surface area contributed by atoms with Gasteiger partial charge in [0.2, 0.25) is 5.78 Å². The number of Topliss-reactive ketones (excluding diaryl/α,β-unsaturated/α-hetero) is 1. The second-order valence-corrected chi connectivity index (χ2v) is 8.03. The van der Waals surface area contributed by atoms with Gasteiger partial charge in [-0.2, -0.15) is 0 Å². The molecule has 0 bridgehead atoms. The van der Waals surface area contributed by atoms with Gasteiger partial charge in [-0.15, -0.1) is 0 Å². The van der Waals surface area contributed by atoms with Crippen LogP contribution in [0, 0.1) is 23.0 Å². The van der Waals surface area contributed by atoms with E-state index in [4.69, 9.17) is 9.47 Å². The van der Waals surface area contributed by atoms with Crippen molar-refractivity contribution < 1.29 is 28.8 Å². The maximum absolute atomic E-state index is 12.3. The fraction of sp³-hybridized carbons (Fsp3) is 0.550. The number of aryl methyl sites for hydroxylation is 1. The fourth-order valence-electron chi connectivity index (χ4n) is 2.94. The molecule has 1 heterocycles. The van der Waals surface area contributed by atoms with Gasteiger partial charge >= 0.3 is 12.1 Å². The fourth-order valence-corrected chi connectivity index (χ4v) is 2.94. The van der Waals surface area contributed by atoms with Gasteiger partial charge in [0.1, 0.15) is 5.60 Å². The van der Waals surface area contributed by atoms with Crippen LogP contribution in [-0.4, -0.2) is 53.0 Å². The van der Waals surface area contributed by atoms with E-state index in [0.29, 0.717) is 31.5 Å². The number of ketones is 1. The lowest BCUT2D eigenvalue weighted by Gasteiger charge is -2.32. The average Bonchev–Trinajstić information content (AvgIpc) is 2.64. The highest BCUT2D eigenvalue weighted by atomic mass is 16.6. The number of ether oxygens (including phenoxy) is 2. The van der Waals surface area contributed by atoms with Gasteiger partial charge in [-0.25, -0.2) is 4.79 Å². The van der Waals surface area contributed by atoms with E-state index in [-0.39, 0.29) is 11.3 Å². The standard InChI is InChI=1S/C20H26N2O7/c1-13-5-6-15(11-16(13)22(26)27)17(23)12-28-18(24)14-7-9-21(10-8-14)19(25)29-20(2,3)4/h5-6,11,14H,7-10,12H2,1-4H3. The second-order valence-electron chi connectivity index (χ2n) is 8.03. The predicted molar refractivity (Wildman–Crippen MR) is 104 cm³/mol. The zero-order chi connectivity index (χ0) is 21.8. The predicted octanol–water partition coefficient (Wildman–Crippen LogP) is 3.28. The smallest absolute Gasteiger partial charge is 0.410 e. The Bertz CT molecular complexity index is 806. The second kappa shape index (κ2) is 9.02. The minimum Gasteiger partial charge on any atom is -0.457 e. The van der Waals surface area contributed by atoms with Gasteiger partial charge in [0.25, 0.3) is 5.69 Å². The van der Waals surface area contributed by atoms with Crippen molar-refractivity contribution in [2.24, 2.45) is 5.92 Å². The molecule has 0 radical (unpaired) electrons. The minimum atomic E-state index is -0.585. The molecular weight excluding hydrogens is 380 g/mol. The topological polar surface area (TPSA) is 116 Å². The zero-order valence-electron chi connectivity index (χ0n) is 17.1. The van der Waals surface area contributed by atoms with E-state index in [9.17, 15) is 24.5 Å². The molecule has 1 saturated heterocycles. The first-order valence-electron chi connectivity index (χ1n) is 9.40. The number of amides is 1. The van der Waals surface area contributed by atoms with Gasteiger partial charge < -0.3 is 14.4 Å². The summed E-state index contributed by atoms with van der Waals surface area (Å²) in [5, 5.41) is 11.0. The van der Waals surface area contributed by atoms with Crippen LogP contribution in [0.2, 0.25) is 0 Å². The third-order valence-electron chi connectivity index (χ3n) is 4.55. The van der Waals surface area contributed by atoms with Crippen LogP contribution in [0.1, 0.15) is 49.5 Å². The Labute approximate surface area is 169 Å². The van der Waals surface area contributed by atoms with E-state index in [2.05, 4.69) is 0 Å². The summed E-state index contributed by atoms with van der Waals surface area (Å²) in [4.78, 5) is 48.5. The van der Waals surface area contributed by atoms with E-state index in [1.54, 1.807) is 32.6 Å². The lowest BCUT2D eigenvalue weighted by Crippen LogP contribution is -2.43. The molecule has 0 saturated carbocycles. The van der Waals surface area contributed by atoms with Crippen LogP contribution in [0.25, 0.3) is 0 Å². The molecule has 0 unspecified atom stereocenters. The monoisotopic (exact) mass is 406 g/mol. The number of nitrogens with zero attached hydrogens (tertiary/aromatic N) is 2. The van der Waals surface area contributed by atoms with Gasteiger partial charge in [0.15, 0.2) is 6.61 Å². The van der Waals surface area contributed by atoms with Crippen LogP contribution in [0.4, 0.5) is 10.5 Å². The van der Waals surface area contributed by atoms with Crippen molar-refractivity contribution in [3.8, 4) is 0 Å². The SMILES string of the molecule is Cc1ccc(C(=O)COC(=O)C2CCN(C(=O)OC(C)(C)C)CC2)cc1[N+](=O)[O-]. The molecule has 0 spiro atoms. The highest BCUT2D eigenvalue weighted by Crippen LogP contribution is 2.22. The quantitative estimate of drug-likeness (QED) is 0.319. The summed E-state index contributed by atoms with van der Waals surface area (Å²) in [6.07, 6.45) is 0.422. The van der Waals surface area contributed by atoms with E-state index in [1.165, 1.54) is 18.2 Å². The van der Waals surface area contributed by atoms with Crippen LogP contribution in [0.3, 0.4) is 0 Å². The summed E-state index contributed by atoms with van der Waals surface area (Å²) in [6.45, 7) is 7.19. The number of nitro benzene ring substituents is 1. The van der Waals surface area contributed by atoms with Crippen molar-refractivity contribution >= 4 is 23.5 Å². The Balaban J connectivity index is 1.85. The number of esters is 1. The number of carbonyl (C=O) groups excluding carboxylic acids is 3. The van der Waals surface area contributed by atoms with Gasteiger partial charge in [0, 0.05) is 30.3 Å². The number of nitro groups is 1. The Kier molecular flexibility index (Phi) is 6.94.